The van der Waals surface area contributed by atoms with E-state index >= 15 is 0 Å². The van der Waals surface area contributed by atoms with Gasteiger partial charge >= 0.3 is 0 Å². The quantitative estimate of drug-likeness (QED) is 0.224. The lowest BCUT2D eigenvalue weighted by Crippen LogP contribution is -2.10. The Bertz CT molecular complexity index is 1460. The van der Waals surface area contributed by atoms with Crippen molar-refractivity contribution < 1.29 is 13.7 Å². The molecule has 9 heteroatoms. The summed E-state index contributed by atoms with van der Waals surface area (Å²) >= 11 is 0. The largest absolute Gasteiger partial charge is 0.496 e. The zero-order valence-electron chi connectivity index (χ0n) is 21.2. The van der Waals surface area contributed by atoms with Gasteiger partial charge in [0, 0.05) is 35.1 Å². The van der Waals surface area contributed by atoms with E-state index in [9.17, 15) is 4.21 Å². The molecule has 1 unspecified atom stereocenters. The van der Waals surface area contributed by atoms with E-state index in [0.29, 0.717) is 35.5 Å². The van der Waals surface area contributed by atoms with Gasteiger partial charge < -0.3 is 20.1 Å². The second-order valence-corrected chi connectivity index (χ2v) is 10.6. The SMILES string of the molecule is CCOc1ccc(-c2cnc(Nc3cccc(S(C)(=N)=O)c3)nc2NCCc2ccccc2OC)cc1. The van der Waals surface area contributed by atoms with Crippen LogP contribution in [0.4, 0.5) is 17.5 Å². The highest BCUT2D eigenvalue weighted by atomic mass is 32.2. The van der Waals surface area contributed by atoms with E-state index in [2.05, 4.69) is 15.6 Å². The standard InChI is InChI=1S/C28H31N5O3S/c1-4-36-23-14-12-20(13-15-23)25-19-31-28(32-22-9-7-10-24(18-22)37(3,29)34)33-27(25)30-17-16-21-8-5-6-11-26(21)35-2/h5-15,18-19,29H,4,16-17H2,1-3H3,(H2,30,31,32,33). The fourth-order valence-corrected chi connectivity index (χ4v) is 4.55. The third kappa shape index (κ3) is 6.77. The van der Waals surface area contributed by atoms with Crippen LogP contribution in [-0.2, 0) is 16.1 Å². The summed E-state index contributed by atoms with van der Waals surface area (Å²) in [5, 5.41) is 6.64. The molecule has 0 bridgehead atoms. The van der Waals surface area contributed by atoms with Crippen molar-refractivity contribution in [1.82, 2.24) is 9.97 Å². The van der Waals surface area contributed by atoms with Crippen molar-refractivity contribution in [3.8, 4) is 22.6 Å². The zero-order chi connectivity index (χ0) is 26.3. The molecule has 1 aromatic heterocycles. The van der Waals surface area contributed by atoms with Gasteiger partial charge in [-0.15, -0.1) is 0 Å². The smallest absolute Gasteiger partial charge is 0.229 e. The van der Waals surface area contributed by atoms with E-state index in [-0.39, 0.29) is 0 Å². The molecule has 3 N–H and O–H groups in total. The van der Waals surface area contributed by atoms with E-state index in [0.717, 1.165) is 34.6 Å². The van der Waals surface area contributed by atoms with Gasteiger partial charge in [-0.25, -0.2) is 14.0 Å². The minimum Gasteiger partial charge on any atom is -0.496 e. The highest BCUT2D eigenvalue weighted by Crippen LogP contribution is 2.30. The number of hydrogen-bond acceptors (Lipinski definition) is 8. The molecule has 0 saturated carbocycles. The molecule has 0 spiro atoms. The van der Waals surface area contributed by atoms with Gasteiger partial charge in [-0.2, -0.15) is 4.98 Å². The number of anilines is 3. The molecule has 0 aliphatic rings. The molecule has 1 atom stereocenters. The van der Waals surface area contributed by atoms with Crippen molar-refractivity contribution >= 4 is 27.2 Å². The number of benzene rings is 3. The lowest BCUT2D eigenvalue weighted by Gasteiger charge is -2.15. The first-order chi connectivity index (χ1) is 17.9. The maximum atomic E-state index is 12.2. The Hall–Kier alpha value is -4.11. The van der Waals surface area contributed by atoms with E-state index in [1.54, 1.807) is 31.5 Å². The van der Waals surface area contributed by atoms with Crippen LogP contribution in [0.5, 0.6) is 11.5 Å². The van der Waals surface area contributed by atoms with Gasteiger partial charge in [-0.05, 0) is 60.9 Å². The van der Waals surface area contributed by atoms with Crippen molar-refractivity contribution in [2.24, 2.45) is 0 Å². The van der Waals surface area contributed by atoms with Gasteiger partial charge in [-0.1, -0.05) is 36.4 Å². The van der Waals surface area contributed by atoms with Gasteiger partial charge in [0.1, 0.15) is 17.3 Å². The highest BCUT2D eigenvalue weighted by Gasteiger charge is 2.12. The van der Waals surface area contributed by atoms with Gasteiger partial charge in [0.15, 0.2) is 0 Å². The summed E-state index contributed by atoms with van der Waals surface area (Å²) in [6, 6.07) is 22.7. The molecule has 4 aromatic rings. The Morgan fingerprint density at radius 1 is 1.03 bits per heavy atom. The molecular formula is C28H31N5O3S. The van der Waals surface area contributed by atoms with Crippen molar-refractivity contribution in [3.05, 3.63) is 84.6 Å². The molecule has 0 fully saturated rings. The van der Waals surface area contributed by atoms with E-state index in [1.165, 1.54) is 6.26 Å². The van der Waals surface area contributed by atoms with E-state index in [1.807, 2.05) is 61.5 Å². The first-order valence-electron chi connectivity index (χ1n) is 11.9. The number of para-hydroxylation sites is 1. The fraction of sp³-hybridized carbons (Fsp3) is 0.214. The molecule has 0 aliphatic heterocycles. The lowest BCUT2D eigenvalue weighted by atomic mass is 10.1. The monoisotopic (exact) mass is 517 g/mol. The van der Waals surface area contributed by atoms with Crippen molar-refractivity contribution in [1.29, 1.82) is 4.78 Å². The maximum Gasteiger partial charge on any atom is 0.229 e. The molecule has 0 radical (unpaired) electrons. The van der Waals surface area contributed by atoms with Crippen molar-refractivity contribution in [2.75, 3.05) is 37.2 Å². The van der Waals surface area contributed by atoms with E-state index in [4.69, 9.17) is 19.2 Å². The predicted octanol–water partition coefficient (Wildman–Crippen LogP) is 5.98. The van der Waals surface area contributed by atoms with Gasteiger partial charge in [0.05, 0.1) is 23.4 Å². The van der Waals surface area contributed by atoms with Crippen LogP contribution in [0, 0.1) is 4.78 Å². The summed E-state index contributed by atoms with van der Waals surface area (Å²) in [4.78, 5) is 9.72. The molecule has 0 aliphatic carbocycles. The normalized spacial score (nSPS) is 12.4. The molecule has 0 saturated heterocycles. The second kappa shape index (κ2) is 11.7. The number of nitrogens with zero attached hydrogens (tertiary/aromatic N) is 2. The number of methoxy groups -OCH3 is 1. The van der Waals surface area contributed by atoms with Crippen LogP contribution in [0.3, 0.4) is 0 Å². The molecule has 4 rings (SSSR count). The Balaban J connectivity index is 1.61. The van der Waals surface area contributed by atoms with Crippen molar-refractivity contribution in [2.45, 2.75) is 18.2 Å². The van der Waals surface area contributed by atoms with Crippen LogP contribution in [0.2, 0.25) is 0 Å². The summed E-state index contributed by atoms with van der Waals surface area (Å²) < 4.78 is 31.1. The number of rotatable bonds is 11. The first-order valence-corrected chi connectivity index (χ1v) is 13.9. The van der Waals surface area contributed by atoms with Gasteiger partial charge in [0.2, 0.25) is 5.95 Å². The summed E-state index contributed by atoms with van der Waals surface area (Å²) in [6.45, 7) is 3.19. The molecule has 37 heavy (non-hydrogen) atoms. The minimum absolute atomic E-state index is 0.388. The number of nitrogens with one attached hydrogen (secondary N) is 3. The zero-order valence-corrected chi connectivity index (χ0v) is 22.0. The van der Waals surface area contributed by atoms with Crippen LogP contribution in [0.1, 0.15) is 12.5 Å². The Kier molecular flexibility index (Phi) is 8.25. The predicted molar refractivity (Wildman–Crippen MR) is 149 cm³/mol. The lowest BCUT2D eigenvalue weighted by molar-refractivity contribution is 0.340. The second-order valence-electron chi connectivity index (χ2n) is 8.40. The number of hydrogen-bond donors (Lipinski definition) is 3. The molecule has 3 aromatic carbocycles. The maximum absolute atomic E-state index is 12.2. The van der Waals surface area contributed by atoms with Crippen LogP contribution in [0.15, 0.2) is 83.9 Å². The molecule has 0 amide bonds. The summed E-state index contributed by atoms with van der Waals surface area (Å²) in [5.74, 6) is 2.72. The summed E-state index contributed by atoms with van der Waals surface area (Å²) in [5.41, 5.74) is 3.57. The average molecular weight is 518 g/mol. The van der Waals surface area contributed by atoms with E-state index < -0.39 is 9.73 Å². The van der Waals surface area contributed by atoms with Gasteiger partial charge in [0.25, 0.3) is 0 Å². The molecular weight excluding hydrogens is 486 g/mol. The third-order valence-electron chi connectivity index (χ3n) is 5.68. The minimum atomic E-state index is -2.83. The molecule has 192 valence electrons. The first kappa shape index (κ1) is 26.0. The van der Waals surface area contributed by atoms with Crippen molar-refractivity contribution in [3.63, 3.8) is 0 Å². The summed E-state index contributed by atoms with van der Waals surface area (Å²) in [7, 11) is -1.16. The van der Waals surface area contributed by atoms with Crippen LogP contribution < -0.4 is 20.1 Å². The topological polar surface area (TPSA) is 109 Å². The van der Waals surface area contributed by atoms with Crippen LogP contribution in [0.25, 0.3) is 11.1 Å². The van der Waals surface area contributed by atoms with Crippen LogP contribution >= 0.6 is 0 Å². The van der Waals surface area contributed by atoms with Gasteiger partial charge in [-0.3, -0.25) is 0 Å². The summed E-state index contributed by atoms with van der Waals surface area (Å²) in [6.07, 6.45) is 3.92. The van der Waals surface area contributed by atoms with Crippen LogP contribution in [-0.4, -0.2) is 40.7 Å². The Labute approximate surface area is 218 Å². The number of aromatic nitrogens is 2. The average Bonchev–Trinajstić information content (AvgIpc) is 2.90. The highest BCUT2D eigenvalue weighted by molar-refractivity contribution is 7.91. The fourth-order valence-electron chi connectivity index (χ4n) is 3.86. The Morgan fingerprint density at radius 3 is 2.54 bits per heavy atom. The number of ether oxygens (including phenoxy) is 2. The Morgan fingerprint density at radius 2 is 1.81 bits per heavy atom. The molecule has 1 heterocycles. The molecule has 8 nitrogen and oxygen atoms in total. The third-order valence-corrected chi connectivity index (χ3v) is 6.84.